The lowest BCUT2D eigenvalue weighted by Crippen LogP contribution is -2.15. The number of carboxylic acids is 1. The van der Waals surface area contributed by atoms with Crippen molar-refractivity contribution in [2.75, 3.05) is 7.11 Å². The third-order valence-corrected chi connectivity index (χ3v) is 6.07. The number of nitrogens with zero attached hydrogens (tertiary/aromatic N) is 1. The number of carbonyl (C=O) groups is 1. The fraction of sp³-hybridized carbons (Fsp3) is 0.346. The van der Waals surface area contributed by atoms with Crippen LogP contribution in [0, 0.1) is 34.6 Å². The summed E-state index contributed by atoms with van der Waals surface area (Å²) in [6.07, 6.45) is 0. The molecule has 0 atom stereocenters. The van der Waals surface area contributed by atoms with Crippen LogP contribution in [0.4, 0.5) is 0 Å². The second-order valence-corrected chi connectivity index (χ2v) is 8.24. The highest BCUT2D eigenvalue weighted by Gasteiger charge is 2.23. The number of aryl methyl sites for hydroxylation is 3. The number of ether oxygens (including phenoxy) is 1. The summed E-state index contributed by atoms with van der Waals surface area (Å²) in [5, 5.41) is 13.3. The average Bonchev–Trinajstić information content (AvgIpc) is 2.95. The van der Waals surface area contributed by atoms with Gasteiger partial charge in [0.15, 0.2) is 0 Å². The highest BCUT2D eigenvalue weighted by atomic mass is 16.5. The first kappa shape index (κ1) is 22.6. The Labute approximate surface area is 184 Å². The second-order valence-electron chi connectivity index (χ2n) is 8.24. The smallest absolute Gasteiger partial charge is 0.337 e. The Balaban J connectivity index is 1.86. The van der Waals surface area contributed by atoms with Crippen molar-refractivity contribution in [2.45, 2.75) is 54.3 Å². The van der Waals surface area contributed by atoms with Crippen LogP contribution in [0.3, 0.4) is 0 Å². The van der Waals surface area contributed by atoms with Gasteiger partial charge in [-0.2, -0.15) is 0 Å². The van der Waals surface area contributed by atoms with Gasteiger partial charge < -0.3 is 19.7 Å². The molecule has 1 aromatic heterocycles. The van der Waals surface area contributed by atoms with Gasteiger partial charge in [-0.25, -0.2) is 4.79 Å². The van der Waals surface area contributed by atoms with Crippen molar-refractivity contribution < 1.29 is 14.6 Å². The first-order valence-electron chi connectivity index (χ1n) is 10.5. The summed E-state index contributed by atoms with van der Waals surface area (Å²) in [6, 6.07) is 12.2. The Bertz CT molecular complexity index is 1070. The SMILES string of the molecule is COc1ccc(CNCc2c(C(=O)O)c(C)n(Cc3c(C)cc(C)cc3C)c2C)cc1. The van der Waals surface area contributed by atoms with Gasteiger partial charge in [-0.05, 0) is 69.0 Å². The van der Waals surface area contributed by atoms with E-state index in [1.807, 2.05) is 38.1 Å². The highest BCUT2D eigenvalue weighted by molar-refractivity contribution is 5.91. The Morgan fingerprint density at radius 1 is 0.935 bits per heavy atom. The van der Waals surface area contributed by atoms with Crippen LogP contribution in [0.2, 0.25) is 0 Å². The van der Waals surface area contributed by atoms with Crippen LogP contribution in [0.5, 0.6) is 5.75 Å². The van der Waals surface area contributed by atoms with Gasteiger partial charge in [0.2, 0.25) is 0 Å². The molecule has 5 heteroatoms. The van der Waals surface area contributed by atoms with E-state index < -0.39 is 5.97 Å². The molecule has 2 aromatic carbocycles. The average molecular weight is 421 g/mol. The minimum absolute atomic E-state index is 0.405. The Hall–Kier alpha value is -3.05. The molecule has 0 radical (unpaired) electrons. The van der Waals surface area contributed by atoms with Gasteiger partial charge in [-0.15, -0.1) is 0 Å². The predicted molar refractivity (Wildman–Crippen MR) is 124 cm³/mol. The molecule has 0 aliphatic carbocycles. The number of hydrogen-bond acceptors (Lipinski definition) is 3. The van der Waals surface area contributed by atoms with Crippen molar-refractivity contribution in [3.63, 3.8) is 0 Å². The van der Waals surface area contributed by atoms with Gasteiger partial charge in [0.25, 0.3) is 0 Å². The van der Waals surface area contributed by atoms with Gasteiger partial charge in [-0.1, -0.05) is 29.8 Å². The molecule has 0 saturated carbocycles. The number of benzene rings is 2. The molecule has 2 N–H and O–H groups in total. The van der Waals surface area contributed by atoms with E-state index in [0.29, 0.717) is 25.2 Å². The molecule has 0 bridgehead atoms. The minimum atomic E-state index is -0.877. The molecule has 0 aliphatic heterocycles. The summed E-state index contributed by atoms with van der Waals surface area (Å²) < 4.78 is 7.34. The molecule has 1 heterocycles. The molecule has 3 rings (SSSR count). The molecule has 164 valence electrons. The normalized spacial score (nSPS) is 11.0. The van der Waals surface area contributed by atoms with Crippen molar-refractivity contribution in [1.82, 2.24) is 9.88 Å². The first-order chi connectivity index (χ1) is 14.7. The van der Waals surface area contributed by atoms with E-state index in [1.54, 1.807) is 7.11 Å². The Morgan fingerprint density at radius 2 is 1.55 bits per heavy atom. The van der Waals surface area contributed by atoms with Crippen LogP contribution in [0.1, 0.15) is 55.1 Å². The molecular weight excluding hydrogens is 388 g/mol. The Kier molecular flexibility index (Phi) is 6.86. The topological polar surface area (TPSA) is 63.5 Å². The van der Waals surface area contributed by atoms with Gasteiger partial charge in [0.05, 0.1) is 12.7 Å². The lowest BCUT2D eigenvalue weighted by atomic mass is 9.99. The molecule has 31 heavy (non-hydrogen) atoms. The van der Waals surface area contributed by atoms with Crippen LogP contribution >= 0.6 is 0 Å². The standard InChI is InChI=1S/C26H32N2O3/c1-16-11-17(2)24(18(3)12-16)15-28-19(4)23(25(20(28)5)26(29)30)14-27-13-21-7-9-22(31-6)10-8-21/h7-12,27H,13-15H2,1-6H3,(H,29,30). The van der Waals surface area contributed by atoms with Crippen LogP contribution in [0.15, 0.2) is 36.4 Å². The van der Waals surface area contributed by atoms with Gasteiger partial charge in [-0.3, -0.25) is 0 Å². The first-order valence-corrected chi connectivity index (χ1v) is 10.5. The zero-order valence-electron chi connectivity index (χ0n) is 19.3. The minimum Gasteiger partial charge on any atom is -0.497 e. The molecule has 0 spiro atoms. The maximum Gasteiger partial charge on any atom is 0.337 e. The van der Waals surface area contributed by atoms with Gasteiger partial charge >= 0.3 is 5.97 Å². The molecule has 3 aromatic rings. The van der Waals surface area contributed by atoms with E-state index in [2.05, 4.69) is 42.8 Å². The van der Waals surface area contributed by atoms with Crippen molar-refractivity contribution >= 4 is 5.97 Å². The molecule has 0 amide bonds. The summed E-state index contributed by atoms with van der Waals surface area (Å²) in [4.78, 5) is 12.1. The summed E-state index contributed by atoms with van der Waals surface area (Å²) in [5.74, 6) is -0.0555. The lowest BCUT2D eigenvalue weighted by Gasteiger charge is -2.16. The number of methoxy groups -OCH3 is 1. The predicted octanol–water partition coefficient (Wildman–Crippen LogP) is 5.08. The molecule has 5 nitrogen and oxygen atoms in total. The maximum absolute atomic E-state index is 12.1. The fourth-order valence-corrected chi connectivity index (χ4v) is 4.38. The number of rotatable bonds is 8. The van der Waals surface area contributed by atoms with Crippen LogP contribution in [-0.2, 0) is 19.6 Å². The van der Waals surface area contributed by atoms with E-state index >= 15 is 0 Å². The van der Waals surface area contributed by atoms with Crippen molar-refractivity contribution in [1.29, 1.82) is 0 Å². The molecule has 0 aliphatic rings. The summed E-state index contributed by atoms with van der Waals surface area (Å²) >= 11 is 0. The summed E-state index contributed by atoms with van der Waals surface area (Å²) in [5.41, 5.74) is 9.14. The van der Waals surface area contributed by atoms with E-state index in [-0.39, 0.29) is 0 Å². The number of carboxylic acid groups (broad SMARTS) is 1. The third-order valence-electron chi connectivity index (χ3n) is 6.07. The summed E-state index contributed by atoms with van der Waals surface area (Å²) in [7, 11) is 1.65. The third kappa shape index (κ3) is 4.83. The van der Waals surface area contributed by atoms with Crippen molar-refractivity contribution in [3.8, 4) is 5.75 Å². The summed E-state index contributed by atoms with van der Waals surface area (Å²) in [6.45, 7) is 12.1. The number of hydrogen-bond donors (Lipinski definition) is 2. The van der Waals surface area contributed by atoms with Crippen molar-refractivity contribution in [3.05, 3.63) is 86.7 Å². The largest absolute Gasteiger partial charge is 0.497 e. The number of aromatic carboxylic acids is 1. The van der Waals surface area contributed by atoms with E-state index in [9.17, 15) is 9.90 Å². The lowest BCUT2D eigenvalue weighted by molar-refractivity contribution is 0.0694. The second kappa shape index (κ2) is 9.40. The van der Waals surface area contributed by atoms with E-state index in [1.165, 1.54) is 22.3 Å². The monoisotopic (exact) mass is 420 g/mol. The van der Waals surface area contributed by atoms with Crippen LogP contribution in [-0.4, -0.2) is 22.8 Å². The van der Waals surface area contributed by atoms with Gasteiger partial charge in [0, 0.05) is 36.6 Å². The van der Waals surface area contributed by atoms with Crippen LogP contribution < -0.4 is 10.1 Å². The van der Waals surface area contributed by atoms with Gasteiger partial charge in [0.1, 0.15) is 5.75 Å². The maximum atomic E-state index is 12.1. The van der Waals surface area contributed by atoms with E-state index in [0.717, 1.165) is 28.3 Å². The number of aromatic nitrogens is 1. The highest BCUT2D eigenvalue weighted by Crippen LogP contribution is 2.26. The van der Waals surface area contributed by atoms with Crippen molar-refractivity contribution in [2.24, 2.45) is 0 Å². The number of nitrogens with one attached hydrogen (secondary N) is 1. The fourth-order valence-electron chi connectivity index (χ4n) is 4.38. The quantitative estimate of drug-likeness (QED) is 0.534. The molecule has 0 saturated heterocycles. The molecule has 0 fully saturated rings. The molecule has 0 unspecified atom stereocenters. The van der Waals surface area contributed by atoms with E-state index in [4.69, 9.17) is 4.74 Å². The zero-order chi connectivity index (χ0) is 22.7. The van der Waals surface area contributed by atoms with Crippen LogP contribution in [0.25, 0.3) is 0 Å². The molecular formula is C26H32N2O3. The zero-order valence-corrected chi connectivity index (χ0v) is 19.3. The Morgan fingerprint density at radius 3 is 2.10 bits per heavy atom.